The van der Waals surface area contributed by atoms with Gasteiger partial charge in [0, 0.05) is 30.1 Å². The molecule has 0 bridgehead atoms. The second kappa shape index (κ2) is 6.49. The number of anilines is 1. The Morgan fingerprint density at radius 1 is 1.12 bits per heavy atom. The summed E-state index contributed by atoms with van der Waals surface area (Å²) in [6.45, 7) is 0.953. The fourth-order valence-electron chi connectivity index (χ4n) is 2.54. The van der Waals surface area contributed by atoms with Gasteiger partial charge in [-0.05, 0) is 30.3 Å². The van der Waals surface area contributed by atoms with Gasteiger partial charge in [-0.3, -0.25) is 4.79 Å². The normalized spacial score (nSPS) is 12.7. The molecule has 1 aromatic heterocycles. The molecule has 2 aromatic carbocycles. The number of halogens is 1. The van der Waals surface area contributed by atoms with Crippen molar-refractivity contribution in [2.75, 3.05) is 18.5 Å². The number of benzene rings is 2. The van der Waals surface area contributed by atoms with Gasteiger partial charge in [-0.15, -0.1) is 0 Å². The second-order valence-electron chi connectivity index (χ2n) is 5.43. The summed E-state index contributed by atoms with van der Waals surface area (Å²) in [6.07, 6.45) is 3.54. The van der Waals surface area contributed by atoms with Crippen LogP contribution in [-0.4, -0.2) is 28.9 Å². The van der Waals surface area contributed by atoms with Crippen LogP contribution in [0.15, 0.2) is 54.9 Å². The fraction of sp³-hybridized carbons (Fsp3) is 0.111. The summed E-state index contributed by atoms with van der Waals surface area (Å²) in [7, 11) is 0. The molecule has 1 aliphatic rings. The topological polar surface area (TPSA) is 65.4 Å². The van der Waals surface area contributed by atoms with Crippen molar-refractivity contribution in [2.45, 2.75) is 0 Å². The van der Waals surface area contributed by atoms with Crippen molar-refractivity contribution in [3.63, 3.8) is 0 Å². The Balaban J connectivity index is 1.54. The van der Waals surface area contributed by atoms with Crippen LogP contribution in [0.4, 0.5) is 5.69 Å². The van der Waals surface area contributed by atoms with E-state index in [1.165, 1.54) is 0 Å². The molecule has 0 atom stereocenters. The molecule has 2 heterocycles. The zero-order valence-corrected chi connectivity index (χ0v) is 13.9. The molecule has 3 aromatic rings. The van der Waals surface area contributed by atoms with Crippen LogP contribution in [0.2, 0.25) is 5.02 Å². The Hall–Kier alpha value is -2.99. The molecule has 0 saturated heterocycles. The zero-order chi connectivity index (χ0) is 17.2. The average Bonchev–Trinajstić information content (AvgIpc) is 3.17. The summed E-state index contributed by atoms with van der Waals surface area (Å²) >= 11 is 6.22. The number of ether oxygens (including phenoxy) is 2. The largest absolute Gasteiger partial charge is 0.486 e. The molecule has 0 radical (unpaired) electrons. The highest BCUT2D eigenvalue weighted by Gasteiger charge is 2.17. The minimum atomic E-state index is -0.259. The van der Waals surface area contributed by atoms with E-state index in [4.69, 9.17) is 21.1 Å². The van der Waals surface area contributed by atoms with E-state index in [-0.39, 0.29) is 5.91 Å². The van der Waals surface area contributed by atoms with Crippen molar-refractivity contribution >= 4 is 23.2 Å². The molecular formula is C18H14ClN3O3. The van der Waals surface area contributed by atoms with Crippen LogP contribution < -0.4 is 14.8 Å². The molecule has 1 N–H and O–H groups in total. The Bertz CT molecular complexity index is 908. The van der Waals surface area contributed by atoms with Crippen LogP contribution in [0.3, 0.4) is 0 Å². The summed E-state index contributed by atoms with van der Waals surface area (Å²) in [5, 5.41) is 7.35. The van der Waals surface area contributed by atoms with Gasteiger partial charge in [0.15, 0.2) is 11.5 Å². The summed E-state index contributed by atoms with van der Waals surface area (Å²) < 4.78 is 12.7. The van der Waals surface area contributed by atoms with Crippen LogP contribution in [0.5, 0.6) is 11.5 Å². The summed E-state index contributed by atoms with van der Waals surface area (Å²) in [6, 6.07) is 12.3. The number of fused-ring (bicyclic) bond motifs is 1. The SMILES string of the molecule is O=C(Nc1cc2c(cc1Cl)OCCO2)c1ccc(-n2cccn2)cc1. The van der Waals surface area contributed by atoms with Crippen molar-refractivity contribution in [3.05, 3.63) is 65.4 Å². The maximum Gasteiger partial charge on any atom is 0.255 e. The van der Waals surface area contributed by atoms with Gasteiger partial charge in [-0.1, -0.05) is 11.6 Å². The highest BCUT2D eigenvalue weighted by molar-refractivity contribution is 6.34. The standard InChI is InChI=1S/C18H14ClN3O3/c19-14-10-16-17(25-9-8-24-16)11-15(14)21-18(23)12-2-4-13(5-3-12)22-7-1-6-20-22/h1-7,10-11H,8-9H2,(H,21,23). The number of amides is 1. The summed E-state index contributed by atoms with van der Waals surface area (Å²) in [4.78, 5) is 12.5. The number of aromatic nitrogens is 2. The minimum absolute atomic E-state index is 0.259. The second-order valence-corrected chi connectivity index (χ2v) is 5.83. The minimum Gasteiger partial charge on any atom is -0.486 e. The molecule has 7 heteroatoms. The van der Waals surface area contributed by atoms with E-state index < -0.39 is 0 Å². The van der Waals surface area contributed by atoms with Gasteiger partial charge in [-0.25, -0.2) is 4.68 Å². The van der Waals surface area contributed by atoms with Crippen LogP contribution in [0.1, 0.15) is 10.4 Å². The van der Waals surface area contributed by atoms with E-state index >= 15 is 0 Å². The number of nitrogens with one attached hydrogen (secondary N) is 1. The first kappa shape index (κ1) is 15.5. The maximum absolute atomic E-state index is 12.5. The van der Waals surface area contributed by atoms with E-state index in [1.807, 2.05) is 24.4 Å². The van der Waals surface area contributed by atoms with Crippen molar-refractivity contribution < 1.29 is 14.3 Å². The lowest BCUT2D eigenvalue weighted by Gasteiger charge is -2.20. The third kappa shape index (κ3) is 3.16. The van der Waals surface area contributed by atoms with E-state index in [9.17, 15) is 4.79 Å². The lowest BCUT2D eigenvalue weighted by atomic mass is 10.2. The zero-order valence-electron chi connectivity index (χ0n) is 13.1. The van der Waals surface area contributed by atoms with Crippen LogP contribution in [0.25, 0.3) is 5.69 Å². The van der Waals surface area contributed by atoms with E-state index in [1.54, 1.807) is 35.1 Å². The molecule has 0 saturated carbocycles. The molecule has 126 valence electrons. The molecule has 6 nitrogen and oxygen atoms in total. The van der Waals surface area contributed by atoms with Gasteiger partial charge in [0.25, 0.3) is 5.91 Å². The van der Waals surface area contributed by atoms with Crippen LogP contribution in [0, 0.1) is 0 Å². The Morgan fingerprint density at radius 2 is 1.84 bits per heavy atom. The molecule has 4 rings (SSSR count). The first-order chi connectivity index (χ1) is 12.2. The highest BCUT2D eigenvalue weighted by Crippen LogP contribution is 2.38. The van der Waals surface area contributed by atoms with Gasteiger partial charge in [0.05, 0.1) is 16.4 Å². The number of rotatable bonds is 3. The number of carbonyl (C=O) groups is 1. The van der Waals surface area contributed by atoms with Crippen molar-refractivity contribution in [1.29, 1.82) is 0 Å². The van der Waals surface area contributed by atoms with E-state index in [0.717, 1.165) is 5.69 Å². The van der Waals surface area contributed by atoms with Crippen molar-refractivity contribution in [3.8, 4) is 17.2 Å². The molecule has 1 aliphatic heterocycles. The van der Waals surface area contributed by atoms with Gasteiger partial charge in [0.2, 0.25) is 0 Å². The van der Waals surface area contributed by atoms with Gasteiger partial charge in [0.1, 0.15) is 13.2 Å². The predicted molar refractivity (Wildman–Crippen MR) is 94.0 cm³/mol. The molecule has 0 fully saturated rings. The molecule has 1 amide bonds. The molecule has 25 heavy (non-hydrogen) atoms. The number of carbonyl (C=O) groups excluding carboxylic acids is 1. The van der Waals surface area contributed by atoms with Crippen LogP contribution in [-0.2, 0) is 0 Å². The van der Waals surface area contributed by atoms with Crippen molar-refractivity contribution in [2.24, 2.45) is 0 Å². The number of hydrogen-bond donors (Lipinski definition) is 1. The van der Waals surface area contributed by atoms with Gasteiger partial charge >= 0.3 is 0 Å². The molecule has 0 aliphatic carbocycles. The number of nitrogens with zero attached hydrogens (tertiary/aromatic N) is 2. The Morgan fingerprint density at radius 3 is 2.52 bits per heavy atom. The maximum atomic E-state index is 12.5. The fourth-order valence-corrected chi connectivity index (χ4v) is 2.74. The first-order valence-electron chi connectivity index (χ1n) is 7.71. The first-order valence-corrected chi connectivity index (χ1v) is 8.09. The molecular weight excluding hydrogens is 342 g/mol. The highest BCUT2D eigenvalue weighted by atomic mass is 35.5. The third-order valence-corrected chi connectivity index (χ3v) is 4.09. The lowest BCUT2D eigenvalue weighted by molar-refractivity contribution is 0.102. The number of hydrogen-bond acceptors (Lipinski definition) is 4. The van der Waals surface area contributed by atoms with E-state index in [2.05, 4.69) is 10.4 Å². The smallest absolute Gasteiger partial charge is 0.255 e. The average molecular weight is 356 g/mol. The predicted octanol–water partition coefficient (Wildman–Crippen LogP) is 3.55. The summed E-state index contributed by atoms with van der Waals surface area (Å²) in [5.74, 6) is 0.892. The third-order valence-electron chi connectivity index (χ3n) is 3.78. The van der Waals surface area contributed by atoms with Crippen LogP contribution >= 0.6 is 11.6 Å². The van der Waals surface area contributed by atoms with Gasteiger partial charge in [-0.2, -0.15) is 5.10 Å². The Labute approximate surface area is 148 Å². The quantitative estimate of drug-likeness (QED) is 0.780. The monoisotopic (exact) mass is 355 g/mol. The Kier molecular flexibility index (Phi) is 4.03. The summed E-state index contributed by atoms with van der Waals surface area (Å²) in [5.41, 5.74) is 1.87. The molecule has 0 unspecified atom stereocenters. The van der Waals surface area contributed by atoms with Gasteiger partial charge < -0.3 is 14.8 Å². The van der Waals surface area contributed by atoms with E-state index in [0.29, 0.717) is 41.0 Å². The molecule has 0 spiro atoms. The van der Waals surface area contributed by atoms with Crippen molar-refractivity contribution in [1.82, 2.24) is 9.78 Å². The lowest BCUT2D eigenvalue weighted by Crippen LogP contribution is -2.17.